The maximum absolute atomic E-state index is 13.5. The first-order valence-corrected chi connectivity index (χ1v) is 9.41. The molecule has 144 valence electrons. The molecule has 0 radical (unpaired) electrons. The summed E-state index contributed by atoms with van der Waals surface area (Å²) in [4.78, 5) is 12.2. The van der Waals surface area contributed by atoms with Crippen LogP contribution in [0.1, 0.15) is 44.9 Å². The Morgan fingerprint density at radius 1 is 1.16 bits per heavy atom. The van der Waals surface area contributed by atoms with Crippen LogP contribution < -0.4 is 16.1 Å². The molecule has 6 nitrogen and oxygen atoms in total. The number of hydrazine groups is 1. The SMILES string of the molecule is CN1NC(C(=O)NC2CCC(CC3CCC(F)C(F)C3)CN2)CC1O. The van der Waals surface area contributed by atoms with Crippen molar-refractivity contribution in [2.45, 2.75) is 75.7 Å². The van der Waals surface area contributed by atoms with Crippen LogP contribution in [0.4, 0.5) is 8.78 Å². The first kappa shape index (κ1) is 18.9. The number of aliphatic hydroxyl groups excluding tert-OH is 1. The van der Waals surface area contributed by atoms with Crippen LogP contribution in [0.15, 0.2) is 0 Å². The summed E-state index contributed by atoms with van der Waals surface area (Å²) in [5.74, 6) is 0.625. The van der Waals surface area contributed by atoms with Gasteiger partial charge in [0, 0.05) is 13.5 Å². The molecule has 0 aromatic heterocycles. The van der Waals surface area contributed by atoms with Gasteiger partial charge in [-0.2, -0.15) is 0 Å². The molecule has 2 aliphatic heterocycles. The van der Waals surface area contributed by atoms with Gasteiger partial charge >= 0.3 is 0 Å². The second-order valence-corrected chi connectivity index (χ2v) is 7.87. The molecule has 7 unspecified atom stereocenters. The third kappa shape index (κ3) is 4.87. The standard InChI is InChI=1S/C17H30F2N4O2/c1-23-16(24)8-14(22-23)17(25)21-15-5-3-11(9-20-15)6-10-2-4-12(18)13(19)7-10/h10-16,20,22,24H,2-9H2,1H3,(H,21,25). The fraction of sp³-hybridized carbons (Fsp3) is 0.941. The number of carbonyl (C=O) groups excluding carboxylic acids is 1. The molecule has 25 heavy (non-hydrogen) atoms. The predicted molar refractivity (Wildman–Crippen MR) is 89.7 cm³/mol. The van der Waals surface area contributed by atoms with Crippen LogP contribution in [0.5, 0.6) is 0 Å². The Bertz CT molecular complexity index is 452. The number of alkyl halides is 2. The lowest BCUT2D eigenvalue weighted by molar-refractivity contribution is -0.124. The molecule has 1 saturated carbocycles. The number of nitrogens with zero attached hydrogens (tertiary/aromatic N) is 1. The van der Waals surface area contributed by atoms with Gasteiger partial charge in [0.15, 0.2) is 0 Å². The van der Waals surface area contributed by atoms with Crippen molar-refractivity contribution >= 4 is 5.91 Å². The quantitative estimate of drug-likeness (QED) is 0.597. The van der Waals surface area contributed by atoms with E-state index in [1.165, 1.54) is 0 Å². The molecule has 2 heterocycles. The van der Waals surface area contributed by atoms with Gasteiger partial charge in [-0.25, -0.2) is 19.2 Å². The number of carbonyl (C=O) groups is 1. The highest BCUT2D eigenvalue weighted by Crippen LogP contribution is 2.34. The summed E-state index contributed by atoms with van der Waals surface area (Å²) in [6, 6.07) is -0.406. The number of hydrogen-bond acceptors (Lipinski definition) is 5. The lowest BCUT2D eigenvalue weighted by Gasteiger charge is -2.35. The Balaban J connectivity index is 1.37. The monoisotopic (exact) mass is 360 g/mol. The molecule has 1 amide bonds. The van der Waals surface area contributed by atoms with E-state index in [-0.39, 0.29) is 18.0 Å². The minimum atomic E-state index is -1.30. The summed E-state index contributed by atoms with van der Waals surface area (Å²) >= 11 is 0. The van der Waals surface area contributed by atoms with Crippen LogP contribution in [0.3, 0.4) is 0 Å². The summed E-state index contributed by atoms with van der Waals surface area (Å²) < 4.78 is 26.8. The smallest absolute Gasteiger partial charge is 0.239 e. The van der Waals surface area contributed by atoms with Crippen LogP contribution in [0.25, 0.3) is 0 Å². The molecule has 8 heteroatoms. The Hall–Kier alpha value is -0.830. The van der Waals surface area contributed by atoms with Crippen LogP contribution in [0, 0.1) is 11.8 Å². The number of piperidine rings is 1. The van der Waals surface area contributed by atoms with Crippen molar-refractivity contribution < 1.29 is 18.7 Å². The lowest BCUT2D eigenvalue weighted by atomic mass is 9.79. The van der Waals surface area contributed by atoms with Crippen LogP contribution >= 0.6 is 0 Å². The highest BCUT2D eigenvalue weighted by molar-refractivity contribution is 5.82. The first-order chi connectivity index (χ1) is 11.9. The summed E-state index contributed by atoms with van der Waals surface area (Å²) in [5, 5.41) is 17.5. The van der Waals surface area contributed by atoms with Crippen molar-refractivity contribution in [2.75, 3.05) is 13.6 Å². The Morgan fingerprint density at radius 3 is 2.52 bits per heavy atom. The van der Waals surface area contributed by atoms with Gasteiger partial charge in [0.25, 0.3) is 0 Å². The molecule has 3 fully saturated rings. The van der Waals surface area contributed by atoms with Gasteiger partial charge in [0.2, 0.25) is 5.91 Å². The van der Waals surface area contributed by atoms with Gasteiger partial charge in [-0.05, 0) is 56.9 Å². The summed E-state index contributed by atoms with van der Waals surface area (Å²) in [5.41, 5.74) is 2.94. The Kier molecular flexibility index (Phi) is 6.25. The highest BCUT2D eigenvalue weighted by Gasteiger charge is 2.35. The minimum Gasteiger partial charge on any atom is -0.377 e. The van der Waals surface area contributed by atoms with Crippen LogP contribution in [-0.2, 0) is 4.79 Å². The number of amides is 1. The Labute approximate surface area is 147 Å². The van der Waals surface area contributed by atoms with Crippen molar-refractivity contribution in [3.05, 3.63) is 0 Å². The normalized spacial score (nSPS) is 43.1. The second kappa shape index (κ2) is 8.24. The van der Waals surface area contributed by atoms with Gasteiger partial charge in [-0.3, -0.25) is 10.1 Å². The molecular formula is C17H30F2N4O2. The fourth-order valence-corrected chi connectivity index (χ4v) is 4.28. The van der Waals surface area contributed by atoms with Gasteiger partial charge in [0.05, 0.1) is 6.17 Å². The van der Waals surface area contributed by atoms with E-state index in [4.69, 9.17) is 0 Å². The van der Waals surface area contributed by atoms with Crippen molar-refractivity contribution in [2.24, 2.45) is 11.8 Å². The van der Waals surface area contributed by atoms with E-state index >= 15 is 0 Å². The van der Waals surface area contributed by atoms with E-state index in [1.54, 1.807) is 12.1 Å². The van der Waals surface area contributed by atoms with E-state index in [1.807, 2.05) is 0 Å². The molecule has 0 spiro atoms. The average Bonchev–Trinajstić information content (AvgIpc) is 2.92. The number of nitrogens with one attached hydrogen (secondary N) is 3. The molecule has 7 atom stereocenters. The summed E-state index contributed by atoms with van der Waals surface area (Å²) in [7, 11) is 1.71. The lowest BCUT2D eigenvalue weighted by Crippen LogP contribution is -2.54. The van der Waals surface area contributed by atoms with Gasteiger partial charge in [-0.15, -0.1) is 0 Å². The van der Waals surface area contributed by atoms with Gasteiger partial charge < -0.3 is 10.4 Å². The predicted octanol–water partition coefficient (Wildman–Crippen LogP) is 0.822. The van der Waals surface area contributed by atoms with E-state index in [2.05, 4.69) is 16.1 Å². The molecular weight excluding hydrogens is 330 g/mol. The molecule has 4 N–H and O–H groups in total. The van der Waals surface area contributed by atoms with E-state index < -0.39 is 24.6 Å². The molecule has 1 aliphatic carbocycles. The van der Waals surface area contributed by atoms with Crippen molar-refractivity contribution in [1.29, 1.82) is 0 Å². The fourth-order valence-electron chi connectivity index (χ4n) is 4.28. The largest absolute Gasteiger partial charge is 0.377 e. The molecule has 0 aromatic carbocycles. The van der Waals surface area contributed by atoms with Crippen LogP contribution in [-0.4, -0.2) is 60.4 Å². The van der Waals surface area contributed by atoms with Crippen molar-refractivity contribution in [3.63, 3.8) is 0 Å². The molecule has 0 bridgehead atoms. The Morgan fingerprint density at radius 2 is 1.92 bits per heavy atom. The zero-order chi connectivity index (χ0) is 18.0. The van der Waals surface area contributed by atoms with Crippen molar-refractivity contribution in [3.8, 4) is 0 Å². The van der Waals surface area contributed by atoms with E-state index in [9.17, 15) is 18.7 Å². The third-order valence-corrected chi connectivity index (χ3v) is 5.87. The first-order valence-electron chi connectivity index (χ1n) is 9.41. The van der Waals surface area contributed by atoms with Gasteiger partial charge in [-0.1, -0.05) is 0 Å². The number of hydrogen-bond donors (Lipinski definition) is 4. The second-order valence-electron chi connectivity index (χ2n) is 7.87. The zero-order valence-corrected chi connectivity index (χ0v) is 14.8. The average molecular weight is 360 g/mol. The summed E-state index contributed by atoms with van der Waals surface area (Å²) in [6.07, 6.45) is 1.31. The zero-order valence-electron chi connectivity index (χ0n) is 14.8. The van der Waals surface area contributed by atoms with E-state index in [0.29, 0.717) is 25.2 Å². The van der Waals surface area contributed by atoms with E-state index in [0.717, 1.165) is 32.2 Å². The number of halogens is 2. The van der Waals surface area contributed by atoms with Crippen LogP contribution in [0.2, 0.25) is 0 Å². The molecule has 2 saturated heterocycles. The highest BCUT2D eigenvalue weighted by atomic mass is 19.2. The number of rotatable bonds is 4. The van der Waals surface area contributed by atoms with Crippen molar-refractivity contribution in [1.82, 2.24) is 21.1 Å². The topological polar surface area (TPSA) is 76.6 Å². The number of aliphatic hydroxyl groups is 1. The molecule has 0 aromatic rings. The maximum Gasteiger partial charge on any atom is 0.239 e. The minimum absolute atomic E-state index is 0.0656. The molecule has 3 aliphatic rings. The summed E-state index contributed by atoms with van der Waals surface area (Å²) in [6.45, 7) is 0.790. The van der Waals surface area contributed by atoms with Gasteiger partial charge in [0.1, 0.15) is 24.6 Å². The molecule has 3 rings (SSSR count). The third-order valence-electron chi connectivity index (χ3n) is 5.87. The maximum atomic E-state index is 13.5.